The number of esters is 1. The summed E-state index contributed by atoms with van der Waals surface area (Å²) in [7, 11) is 0. The molecular formula is C77H135NO10. The third-order valence-corrected chi connectivity index (χ3v) is 16.7. The Balaban J connectivity index is 2.58. The van der Waals surface area contributed by atoms with Gasteiger partial charge < -0.3 is 45.1 Å². The highest BCUT2D eigenvalue weighted by Crippen LogP contribution is 2.26. The predicted octanol–water partition coefficient (Wildman–Crippen LogP) is 19.0. The number of hydrogen-bond acceptors (Lipinski definition) is 10. The molecule has 1 amide bonds. The monoisotopic (exact) mass is 1230 g/mol. The summed E-state index contributed by atoms with van der Waals surface area (Å²) in [6.07, 6.45) is 75.9. The maximum atomic E-state index is 13.5. The first-order valence-corrected chi connectivity index (χ1v) is 36.5. The van der Waals surface area contributed by atoms with Crippen LogP contribution in [-0.2, 0) is 23.8 Å². The van der Waals surface area contributed by atoms with Crippen molar-refractivity contribution in [3.05, 3.63) is 97.2 Å². The first-order valence-electron chi connectivity index (χ1n) is 36.5. The molecule has 0 saturated carbocycles. The van der Waals surface area contributed by atoms with Gasteiger partial charge in [0, 0.05) is 6.42 Å². The lowest BCUT2D eigenvalue weighted by Gasteiger charge is -2.41. The number of carbonyl (C=O) groups is 2. The number of aliphatic hydroxyl groups excluding tert-OH is 5. The lowest BCUT2D eigenvalue weighted by molar-refractivity contribution is -0.305. The minimum atomic E-state index is -1.62. The maximum Gasteiger partial charge on any atom is 0.306 e. The fourth-order valence-electron chi connectivity index (χ4n) is 11.0. The molecule has 1 fully saturated rings. The molecule has 8 atom stereocenters. The van der Waals surface area contributed by atoms with Crippen molar-refractivity contribution in [1.82, 2.24) is 5.32 Å². The Morgan fingerprint density at radius 2 is 0.818 bits per heavy atom. The van der Waals surface area contributed by atoms with Crippen LogP contribution >= 0.6 is 0 Å². The van der Waals surface area contributed by atoms with Crippen LogP contribution in [0.3, 0.4) is 0 Å². The lowest BCUT2D eigenvalue weighted by Crippen LogP contribution is -2.61. The van der Waals surface area contributed by atoms with Crippen LogP contribution in [0.2, 0.25) is 0 Å². The van der Waals surface area contributed by atoms with E-state index in [1.165, 1.54) is 161 Å². The molecular weight excluding hydrogens is 1100 g/mol. The van der Waals surface area contributed by atoms with Gasteiger partial charge in [-0.1, -0.05) is 304 Å². The first kappa shape index (κ1) is 82.6. The second-order valence-corrected chi connectivity index (χ2v) is 24.9. The topological polar surface area (TPSA) is 175 Å². The number of nitrogens with one attached hydrogen (secondary N) is 1. The van der Waals surface area contributed by atoms with E-state index in [0.717, 1.165) is 109 Å². The van der Waals surface area contributed by atoms with E-state index in [1.54, 1.807) is 6.08 Å². The molecule has 0 spiro atoms. The maximum absolute atomic E-state index is 13.5. The highest BCUT2D eigenvalue weighted by Gasteiger charge is 2.47. The summed E-state index contributed by atoms with van der Waals surface area (Å²) < 4.78 is 17.7. The van der Waals surface area contributed by atoms with E-state index in [9.17, 15) is 35.1 Å². The van der Waals surface area contributed by atoms with Crippen LogP contribution in [-0.4, -0.2) is 99.6 Å². The van der Waals surface area contributed by atoms with Crippen molar-refractivity contribution in [2.75, 3.05) is 13.2 Å². The third kappa shape index (κ3) is 50.3. The minimum absolute atomic E-state index is 0.119. The summed E-state index contributed by atoms with van der Waals surface area (Å²) in [4.78, 5) is 26.7. The van der Waals surface area contributed by atoms with Crippen molar-refractivity contribution in [2.45, 2.75) is 365 Å². The molecule has 508 valence electrons. The molecule has 1 aliphatic rings. The Kier molecular flexibility index (Phi) is 59.8. The number of aliphatic hydroxyl groups is 5. The summed E-state index contributed by atoms with van der Waals surface area (Å²) in [6.45, 7) is 5.69. The van der Waals surface area contributed by atoms with Crippen LogP contribution in [0.25, 0.3) is 0 Å². The molecule has 8 unspecified atom stereocenters. The van der Waals surface area contributed by atoms with Gasteiger partial charge in [-0.15, -0.1) is 0 Å². The molecule has 88 heavy (non-hydrogen) atoms. The average molecular weight is 1230 g/mol. The van der Waals surface area contributed by atoms with Crippen molar-refractivity contribution in [3.63, 3.8) is 0 Å². The molecule has 1 saturated heterocycles. The van der Waals surface area contributed by atoms with Crippen molar-refractivity contribution in [1.29, 1.82) is 0 Å². The summed E-state index contributed by atoms with van der Waals surface area (Å²) in [6, 6.07) is -1.04. The largest absolute Gasteiger partial charge is 0.454 e. The lowest BCUT2D eigenvalue weighted by atomic mass is 9.99. The van der Waals surface area contributed by atoms with E-state index >= 15 is 0 Å². The van der Waals surface area contributed by atoms with Crippen LogP contribution in [0.1, 0.15) is 316 Å². The molecule has 0 aromatic carbocycles. The van der Waals surface area contributed by atoms with E-state index in [1.807, 2.05) is 6.08 Å². The minimum Gasteiger partial charge on any atom is -0.454 e. The van der Waals surface area contributed by atoms with Crippen LogP contribution in [0, 0.1) is 0 Å². The molecule has 0 aromatic heterocycles. The van der Waals surface area contributed by atoms with E-state index in [-0.39, 0.29) is 19.4 Å². The number of ether oxygens (including phenoxy) is 3. The number of rotatable bonds is 62. The zero-order valence-corrected chi connectivity index (χ0v) is 56.6. The van der Waals surface area contributed by atoms with Crippen molar-refractivity contribution < 1.29 is 49.3 Å². The van der Waals surface area contributed by atoms with E-state index in [0.29, 0.717) is 12.8 Å². The summed E-state index contributed by atoms with van der Waals surface area (Å²) in [5, 5.41) is 57.3. The van der Waals surface area contributed by atoms with Gasteiger partial charge in [0.25, 0.3) is 0 Å². The zero-order valence-electron chi connectivity index (χ0n) is 56.6. The van der Waals surface area contributed by atoms with Crippen LogP contribution in [0.4, 0.5) is 0 Å². The highest BCUT2D eigenvalue weighted by molar-refractivity contribution is 5.80. The summed E-state index contributed by atoms with van der Waals surface area (Å²) in [5.41, 5.74) is 0. The van der Waals surface area contributed by atoms with Gasteiger partial charge in [0.05, 0.1) is 25.4 Å². The van der Waals surface area contributed by atoms with Crippen molar-refractivity contribution in [3.8, 4) is 0 Å². The molecule has 0 radical (unpaired) electrons. The number of allylic oxidation sites excluding steroid dienone is 15. The van der Waals surface area contributed by atoms with Gasteiger partial charge in [-0.3, -0.25) is 9.59 Å². The molecule has 11 heteroatoms. The SMILES string of the molecule is CC/C=C\C/C=C\C/C=C\C/C=C\C/C=C\C/C=C\CCCCCCCC(O)C(=O)NC(COC1OC(CO)C(O)C(O)C1OC(=O)CCCCCCCCCCCCCCC/C=C/CCCCCCCC)C(O)/C=C/CCCCCCCCCCCC. The van der Waals surface area contributed by atoms with Gasteiger partial charge in [0.2, 0.25) is 5.91 Å². The van der Waals surface area contributed by atoms with Crippen molar-refractivity contribution >= 4 is 11.9 Å². The Labute approximate surface area is 539 Å². The van der Waals surface area contributed by atoms with E-state index in [2.05, 4.69) is 111 Å². The average Bonchev–Trinajstić information content (AvgIpc) is 3.72. The molecule has 0 aromatic rings. The molecule has 1 rings (SSSR count). The molecule has 1 heterocycles. The van der Waals surface area contributed by atoms with Gasteiger partial charge in [-0.05, 0) is 103 Å². The molecule has 1 aliphatic heterocycles. The number of unbranched alkanes of at least 4 members (excludes halogenated alkanes) is 34. The Hall–Kier alpha value is -3.42. The van der Waals surface area contributed by atoms with Gasteiger partial charge in [0.1, 0.15) is 24.4 Å². The van der Waals surface area contributed by atoms with Crippen LogP contribution < -0.4 is 5.32 Å². The fourth-order valence-corrected chi connectivity index (χ4v) is 11.0. The Bertz CT molecular complexity index is 1800. The fraction of sp³-hybridized carbons (Fsp3) is 0.766. The standard InChI is InChI=1S/C77H135NO10/c1-4-7-10-13-16-19-22-25-27-29-31-33-35-37-38-40-42-44-46-49-52-55-58-61-64-70(81)76(85)78-68(69(80)63-60-57-54-51-48-24-21-18-15-12-9-6-3)67-86-77-75(74(84)73(83)71(66-79)87-77)88-72(82)65-62-59-56-53-50-47-45-43-41-39-36-34-32-30-28-26-23-20-17-14-11-8-5-2/h7,10,16,19,25-28,31,33,37-38,42,44,60,63,68-71,73-75,77,79-81,83-84H,4-6,8-9,11-15,17-18,20-24,29-30,32,34-36,39-41,43,45-59,61-62,64-67H2,1-3H3,(H,78,85)/b10-7-,19-16-,27-25-,28-26+,33-31-,38-37-,44-42-,63-60+. The van der Waals surface area contributed by atoms with Gasteiger partial charge in [0.15, 0.2) is 12.4 Å². The van der Waals surface area contributed by atoms with Crippen LogP contribution in [0.15, 0.2) is 97.2 Å². The Morgan fingerprint density at radius 1 is 0.455 bits per heavy atom. The smallest absolute Gasteiger partial charge is 0.306 e. The third-order valence-electron chi connectivity index (χ3n) is 16.7. The molecule has 11 nitrogen and oxygen atoms in total. The number of carbonyl (C=O) groups excluding carboxylic acids is 2. The second kappa shape index (κ2) is 63.7. The van der Waals surface area contributed by atoms with Gasteiger partial charge in [-0.25, -0.2) is 0 Å². The van der Waals surface area contributed by atoms with Crippen molar-refractivity contribution in [2.24, 2.45) is 0 Å². The van der Waals surface area contributed by atoms with E-state index < -0.39 is 67.4 Å². The van der Waals surface area contributed by atoms with E-state index in [4.69, 9.17) is 14.2 Å². The first-order chi connectivity index (χ1) is 43.2. The number of hydrogen-bond donors (Lipinski definition) is 6. The molecule has 0 bridgehead atoms. The normalized spacial score (nSPS) is 18.8. The second-order valence-electron chi connectivity index (χ2n) is 24.9. The zero-order chi connectivity index (χ0) is 63.9. The number of amides is 1. The Morgan fingerprint density at radius 3 is 1.24 bits per heavy atom. The molecule has 6 N–H and O–H groups in total. The van der Waals surface area contributed by atoms with Gasteiger partial charge >= 0.3 is 5.97 Å². The van der Waals surface area contributed by atoms with Gasteiger partial charge in [-0.2, -0.15) is 0 Å². The predicted molar refractivity (Wildman–Crippen MR) is 370 cm³/mol. The van der Waals surface area contributed by atoms with Crippen LogP contribution in [0.5, 0.6) is 0 Å². The summed E-state index contributed by atoms with van der Waals surface area (Å²) >= 11 is 0. The highest BCUT2D eigenvalue weighted by atomic mass is 16.7. The molecule has 0 aliphatic carbocycles. The summed E-state index contributed by atoms with van der Waals surface area (Å²) in [5.74, 6) is -1.21. The quantitative estimate of drug-likeness (QED) is 0.0195.